The second-order valence-electron chi connectivity index (χ2n) is 7.04. The monoisotopic (exact) mass is 375 g/mol. The maximum absolute atomic E-state index is 15.6. The lowest BCUT2D eigenvalue weighted by molar-refractivity contribution is -0.116. The molecule has 150 valence electrons. The quantitative estimate of drug-likeness (QED) is 0.229. The van der Waals surface area contributed by atoms with Crippen molar-refractivity contribution in [3.63, 3.8) is 0 Å². The summed E-state index contributed by atoms with van der Waals surface area (Å²) in [7, 11) is 1.94. The summed E-state index contributed by atoms with van der Waals surface area (Å²) < 4.78 is 21.1. The molecule has 1 rings (SSSR count). The Bertz CT molecular complexity index is 600. The molecule has 0 saturated carbocycles. The van der Waals surface area contributed by atoms with E-state index in [-0.39, 0.29) is 13.0 Å². The van der Waals surface area contributed by atoms with Crippen molar-refractivity contribution in [1.82, 2.24) is 4.90 Å². The van der Waals surface area contributed by atoms with Crippen molar-refractivity contribution in [3.05, 3.63) is 60.3 Å². The van der Waals surface area contributed by atoms with Crippen molar-refractivity contribution in [2.24, 2.45) is 0 Å². The van der Waals surface area contributed by atoms with Crippen LogP contribution in [-0.4, -0.2) is 36.7 Å². The highest BCUT2D eigenvalue weighted by atomic mass is 19.2. The lowest BCUT2D eigenvalue weighted by atomic mass is 9.98. The maximum atomic E-state index is 15.6. The fourth-order valence-corrected chi connectivity index (χ4v) is 2.87. The summed E-state index contributed by atoms with van der Waals surface area (Å²) in [5.74, 6) is -2.88. The molecule has 27 heavy (non-hydrogen) atoms. The Balaban J connectivity index is 2.80. The SMILES string of the molecule is C=CCN(C)C=C(C)CCC(F)(OCCCCCC)C(=O)c1ccccc1. The number of hydrogen-bond donors (Lipinski definition) is 0. The van der Waals surface area contributed by atoms with Crippen LogP contribution in [0.5, 0.6) is 0 Å². The van der Waals surface area contributed by atoms with Gasteiger partial charge < -0.3 is 9.64 Å². The van der Waals surface area contributed by atoms with Gasteiger partial charge in [0.2, 0.25) is 5.78 Å². The third-order valence-corrected chi connectivity index (χ3v) is 4.40. The first kappa shape index (κ1) is 23.1. The van der Waals surface area contributed by atoms with Crippen molar-refractivity contribution >= 4 is 5.78 Å². The standard InChI is InChI=1S/C23H34FNO2/c1-5-7-8-12-18-27-23(24,22(26)21-13-10-9-11-14-21)16-15-20(3)19-25(4)17-6-2/h6,9-11,13-14,19H,2,5,7-8,12,15-18H2,1,3-4H3. The number of rotatable bonds is 14. The molecule has 0 fully saturated rings. The Hall–Kier alpha value is -1.94. The van der Waals surface area contributed by atoms with Crippen LogP contribution in [0.15, 0.2) is 54.8 Å². The van der Waals surface area contributed by atoms with Crippen LogP contribution in [0, 0.1) is 0 Å². The predicted octanol–water partition coefficient (Wildman–Crippen LogP) is 5.93. The molecule has 0 aliphatic heterocycles. The number of unbranched alkanes of at least 4 members (excludes halogenated alkanes) is 3. The molecular weight excluding hydrogens is 341 g/mol. The molecule has 0 aliphatic rings. The molecule has 0 bridgehead atoms. The van der Waals surface area contributed by atoms with Crippen molar-refractivity contribution < 1.29 is 13.9 Å². The van der Waals surface area contributed by atoms with Crippen LogP contribution in [0.4, 0.5) is 4.39 Å². The van der Waals surface area contributed by atoms with E-state index in [1.165, 1.54) is 0 Å². The summed E-state index contributed by atoms with van der Waals surface area (Å²) in [6.07, 6.45) is 8.16. The van der Waals surface area contributed by atoms with E-state index < -0.39 is 11.6 Å². The van der Waals surface area contributed by atoms with Gasteiger partial charge in [-0.1, -0.05) is 68.2 Å². The van der Waals surface area contributed by atoms with Crippen LogP contribution >= 0.6 is 0 Å². The van der Waals surface area contributed by atoms with Crippen molar-refractivity contribution in [2.45, 2.75) is 58.2 Å². The Labute approximate surface area is 163 Å². The fourth-order valence-electron chi connectivity index (χ4n) is 2.87. The van der Waals surface area contributed by atoms with E-state index in [0.717, 1.165) is 37.8 Å². The molecule has 1 unspecified atom stereocenters. The van der Waals surface area contributed by atoms with E-state index in [9.17, 15) is 4.79 Å². The molecule has 0 radical (unpaired) electrons. The highest BCUT2D eigenvalue weighted by molar-refractivity contribution is 6.01. The van der Waals surface area contributed by atoms with Gasteiger partial charge in [0, 0.05) is 25.6 Å². The molecule has 4 heteroatoms. The zero-order chi connectivity index (χ0) is 20.1. The fraction of sp³-hybridized carbons (Fsp3) is 0.522. The van der Waals surface area contributed by atoms with Gasteiger partial charge >= 0.3 is 0 Å². The lowest BCUT2D eigenvalue weighted by Gasteiger charge is -2.25. The van der Waals surface area contributed by atoms with E-state index in [0.29, 0.717) is 12.0 Å². The Morgan fingerprint density at radius 2 is 1.96 bits per heavy atom. The van der Waals surface area contributed by atoms with Gasteiger partial charge in [0.15, 0.2) is 0 Å². The van der Waals surface area contributed by atoms with Crippen LogP contribution in [0.1, 0.15) is 62.7 Å². The first-order valence-corrected chi connectivity index (χ1v) is 9.84. The van der Waals surface area contributed by atoms with Crippen LogP contribution in [0.2, 0.25) is 0 Å². The van der Waals surface area contributed by atoms with Gasteiger partial charge in [0.25, 0.3) is 5.85 Å². The molecule has 1 aromatic carbocycles. The second-order valence-corrected chi connectivity index (χ2v) is 7.04. The predicted molar refractivity (Wildman–Crippen MR) is 111 cm³/mol. The zero-order valence-electron chi connectivity index (χ0n) is 17.0. The number of allylic oxidation sites excluding steroid dienone is 1. The minimum absolute atomic E-state index is 0.0127. The number of carbonyl (C=O) groups is 1. The normalized spacial score (nSPS) is 13.9. The lowest BCUT2D eigenvalue weighted by Crippen LogP contribution is -2.37. The Morgan fingerprint density at radius 1 is 1.26 bits per heavy atom. The van der Waals surface area contributed by atoms with Gasteiger partial charge in [-0.15, -0.1) is 6.58 Å². The molecule has 1 aromatic rings. The van der Waals surface area contributed by atoms with Crippen molar-refractivity contribution in [3.8, 4) is 0 Å². The number of Topliss-reactive ketones (excluding diaryl/α,β-unsaturated/α-hetero) is 1. The third-order valence-electron chi connectivity index (χ3n) is 4.40. The summed E-state index contributed by atoms with van der Waals surface area (Å²) in [6, 6.07) is 8.56. The van der Waals surface area contributed by atoms with E-state index in [2.05, 4.69) is 13.5 Å². The van der Waals surface area contributed by atoms with Gasteiger partial charge in [-0.2, -0.15) is 0 Å². The average molecular weight is 376 g/mol. The van der Waals surface area contributed by atoms with E-state index in [1.807, 2.05) is 37.2 Å². The number of alkyl halides is 1. The number of ether oxygens (including phenoxy) is 1. The molecule has 0 aliphatic carbocycles. The molecular formula is C23H34FNO2. The molecule has 0 heterocycles. The van der Waals surface area contributed by atoms with E-state index in [1.54, 1.807) is 24.3 Å². The minimum atomic E-state index is -2.29. The molecule has 0 amide bonds. The van der Waals surface area contributed by atoms with Gasteiger partial charge in [0.05, 0.1) is 6.61 Å². The van der Waals surface area contributed by atoms with Crippen LogP contribution in [0.25, 0.3) is 0 Å². The van der Waals surface area contributed by atoms with Gasteiger partial charge in [0.1, 0.15) is 0 Å². The molecule has 1 atom stereocenters. The minimum Gasteiger partial charge on any atom is -0.377 e. The van der Waals surface area contributed by atoms with Crippen molar-refractivity contribution in [1.29, 1.82) is 0 Å². The largest absolute Gasteiger partial charge is 0.377 e. The Morgan fingerprint density at radius 3 is 2.59 bits per heavy atom. The average Bonchev–Trinajstić information content (AvgIpc) is 2.66. The number of benzene rings is 1. The topological polar surface area (TPSA) is 29.5 Å². The highest BCUT2D eigenvalue weighted by Gasteiger charge is 2.39. The van der Waals surface area contributed by atoms with Crippen LogP contribution < -0.4 is 0 Å². The number of halogens is 1. The smallest absolute Gasteiger partial charge is 0.273 e. The molecule has 0 spiro atoms. The third kappa shape index (κ3) is 8.53. The molecule has 3 nitrogen and oxygen atoms in total. The van der Waals surface area contributed by atoms with Crippen LogP contribution in [-0.2, 0) is 4.74 Å². The molecule has 0 saturated heterocycles. The van der Waals surface area contributed by atoms with Gasteiger partial charge in [-0.05, 0) is 26.0 Å². The van der Waals surface area contributed by atoms with E-state index >= 15 is 4.39 Å². The summed E-state index contributed by atoms with van der Waals surface area (Å²) in [6.45, 7) is 8.75. The van der Waals surface area contributed by atoms with E-state index in [4.69, 9.17) is 4.74 Å². The summed E-state index contributed by atoms with van der Waals surface area (Å²) in [4.78, 5) is 14.8. The second kappa shape index (κ2) is 12.4. The number of likely N-dealkylation sites (N-methyl/N-ethyl adjacent to an activating group) is 1. The number of hydrogen-bond acceptors (Lipinski definition) is 3. The van der Waals surface area contributed by atoms with Crippen LogP contribution in [0.3, 0.4) is 0 Å². The Kier molecular flexibility index (Phi) is 10.6. The zero-order valence-corrected chi connectivity index (χ0v) is 17.0. The summed E-state index contributed by atoms with van der Waals surface area (Å²) in [5, 5.41) is 0. The molecule has 0 aromatic heterocycles. The first-order valence-electron chi connectivity index (χ1n) is 9.84. The van der Waals surface area contributed by atoms with Crippen molar-refractivity contribution in [2.75, 3.05) is 20.2 Å². The molecule has 0 N–H and O–H groups in total. The highest BCUT2D eigenvalue weighted by Crippen LogP contribution is 2.28. The summed E-state index contributed by atoms with van der Waals surface area (Å²) in [5.41, 5.74) is 1.34. The van der Waals surface area contributed by atoms with Gasteiger partial charge in [-0.3, -0.25) is 4.79 Å². The number of ketones is 1. The number of carbonyl (C=O) groups excluding carboxylic acids is 1. The first-order chi connectivity index (χ1) is 12.9. The summed E-state index contributed by atoms with van der Waals surface area (Å²) >= 11 is 0. The van der Waals surface area contributed by atoms with Gasteiger partial charge in [-0.25, -0.2) is 4.39 Å². The maximum Gasteiger partial charge on any atom is 0.273 e. The number of nitrogens with zero attached hydrogens (tertiary/aromatic N) is 1.